The third-order valence-electron chi connectivity index (χ3n) is 3.10. The van der Waals surface area contributed by atoms with E-state index in [4.69, 9.17) is 0 Å². The van der Waals surface area contributed by atoms with Crippen LogP contribution in [0.15, 0.2) is 47.2 Å². The van der Waals surface area contributed by atoms with Crippen LogP contribution < -0.4 is 5.32 Å². The Kier molecular flexibility index (Phi) is 3.28. The molecule has 2 N–H and O–H groups in total. The van der Waals surface area contributed by atoms with Crippen molar-refractivity contribution in [2.24, 2.45) is 0 Å². The number of halogens is 1. The van der Waals surface area contributed by atoms with Gasteiger partial charge < -0.3 is 10.3 Å². The molecule has 4 nitrogen and oxygen atoms in total. The van der Waals surface area contributed by atoms with Gasteiger partial charge in [-0.15, -0.1) is 0 Å². The average molecular weight is 330 g/mol. The summed E-state index contributed by atoms with van der Waals surface area (Å²) in [6, 6.07) is 11.1. The van der Waals surface area contributed by atoms with Gasteiger partial charge in [-0.3, -0.25) is 4.79 Å². The Labute approximate surface area is 124 Å². The van der Waals surface area contributed by atoms with Crippen LogP contribution in [0.3, 0.4) is 0 Å². The molecule has 0 radical (unpaired) electrons. The summed E-state index contributed by atoms with van der Waals surface area (Å²) in [5.74, 6) is -0.136. The fourth-order valence-electron chi connectivity index (χ4n) is 2.00. The zero-order chi connectivity index (χ0) is 14.1. The number of aromatic nitrogens is 2. The minimum absolute atomic E-state index is 0.136. The minimum atomic E-state index is -0.136. The van der Waals surface area contributed by atoms with Gasteiger partial charge in [0.2, 0.25) is 0 Å². The van der Waals surface area contributed by atoms with E-state index in [1.54, 1.807) is 18.5 Å². The molecule has 0 aliphatic heterocycles. The Hall–Kier alpha value is -2.14. The van der Waals surface area contributed by atoms with Gasteiger partial charge in [0, 0.05) is 15.7 Å². The molecule has 3 rings (SSSR count). The first-order valence-corrected chi connectivity index (χ1v) is 6.93. The van der Waals surface area contributed by atoms with E-state index >= 15 is 0 Å². The highest BCUT2D eigenvalue weighted by Gasteiger charge is 2.08. The summed E-state index contributed by atoms with van der Waals surface area (Å²) in [6.07, 6.45) is 1.62. The molecule has 0 atom stereocenters. The lowest BCUT2D eigenvalue weighted by Gasteiger charge is -2.07. The molecule has 3 aromatic rings. The molecule has 5 heteroatoms. The smallest absolute Gasteiger partial charge is 0.255 e. The zero-order valence-corrected chi connectivity index (χ0v) is 12.4. The van der Waals surface area contributed by atoms with E-state index in [1.807, 2.05) is 31.2 Å². The predicted molar refractivity (Wildman–Crippen MR) is 82.9 cm³/mol. The summed E-state index contributed by atoms with van der Waals surface area (Å²) >= 11 is 3.44. The summed E-state index contributed by atoms with van der Waals surface area (Å²) in [5, 5.41) is 2.89. The van der Waals surface area contributed by atoms with Crippen molar-refractivity contribution in [1.29, 1.82) is 0 Å². The van der Waals surface area contributed by atoms with Gasteiger partial charge in [0.05, 0.1) is 17.4 Å². The van der Waals surface area contributed by atoms with E-state index < -0.39 is 0 Å². The molecular formula is C15H12BrN3O. The van der Waals surface area contributed by atoms with Crippen LogP contribution in [0.25, 0.3) is 11.0 Å². The first kappa shape index (κ1) is 12.9. The molecule has 0 spiro atoms. The SMILES string of the molecule is Cc1cc(NC(=O)c2ccc3nc[nH]c3c2)ccc1Br. The van der Waals surface area contributed by atoms with Crippen LogP contribution in [0.1, 0.15) is 15.9 Å². The third kappa shape index (κ3) is 2.44. The fraction of sp³-hybridized carbons (Fsp3) is 0.0667. The molecule has 0 aliphatic rings. The highest BCUT2D eigenvalue weighted by atomic mass is 79.9. The summed E-state index contributed by atoms with van der Waals surface area (Å²) in [7, 11) is 0. The lowest BCUT2D eigenvalue weighted by Crippen LogP contribution is -2.11. The zero-order valence-electron chi connectivity index (χ0n) is 10.8. The number of hydrogen-bond acceptors (Lipinski definition) is 2. The lowest BCUT2D eigenvalue weighted by atomic mass is 10.1. The van der Waals surface area contributed by atoms with Crippen LogP contribution in [0.5, 0.6) is 0 Å². The number of nitrogens with zero attached hydrogens (tertiary/aromatic N) is 1. The van der Waals surface area contributed by atoms with Gasteiger partial charge in [-0.05, 0) is 48.9 Å². The molecule has 20 heavy (non-hydrogen) atoms. The van der Waals surface area contributed by atoms with Gasteiger partial charge in [0.15, 0.2) is 0 Å². The normalized spacial score (nSPS) is 10.7. The number of fused-ring (bicyclic) bond motifs is 1. The second kappa shape index (κ2) is 5.09. The maximum atomic E-state index is 12.2. The number of carbonyl (C=O) groups excluding carboxylic acids is 1. The molecule has 0 saturated carbocycles. The molecule has 1 heterocycles. The molecule has 100 valence electrons. The fourth-order valence-corrected chi connectivity index (χ4v) is 2.25. The second-order valence-electron chi connectivity index (χ2n) is 4.55. The van der Waals surface area contributed by atoms with E-state index in [0.717, 1.165) is 26.8 Å². The van der Waals surface area contributed by atoms with Gasteiger partial charge in [0.1, 0.15) is 0 Å². The maximum Gasteiger partial charge on any atom is 0.255 e. The van der Waals surface area contributed by atoms with Crippen molar-refractivity contribution in [3.05, 3.63) is 58.3 Å². The van der Waals surface area contributed by atoms with Gasteiger partial charge in [0.25, 0.3) is 5.91 Å². The van der Waals surface area contributed by atoms with Crippen LogP contribution in [-0.2, 0) is 0 Å². The maximum absolute atomic E-state index is 12.2. The van der Waals surface area contributed by atoms with Gasteiger partial charge in [-0.1, -0.05) is 15.9 Å². The number of nitrogens with one attached hydrogen (secondary N) is 2. The monoisotopic (exact) mass is 329 g/mol. The largest absolute Gasteiger partial charge is 0.345 e. The molecule has 0 bridgehead atoms. The van der Waals surface area contributed by atoms with Gasteiger partial charge in [-0.2, -0.15) is 0 Å². The molecule has 0 aliphatic carbocycles. The molecule has 0 fully saturated rings. The summed E-state index contributed by atoms with van der Waals surface area (Å²) in [6.45, 7) is 1.98. The Morgan fingerprint density at radius 3 is 2.90 bits per heavy atom. The van der Waals surface area contributed by atoms with Gasteiger partial charge >= 0.3 is 0 Å². The molecule has 1 amide bonds. The molecular weight excluding hydrogens is 318 g/mol. The third-order valence-corrected chi connectivity index (χ3v) is 3.99. The van der Waals surface area contributed by atoms with Crippen LogP contribution in [0.4, 0.5) is 5.69 Å². The molecule has 2 aromatic carbocycles. The molecule has 0 unspecified atom stereocenters. The lowest BCUT2D eigenvalue weighted by molar-refractivity contribution is 0.102. The van der Waals surface area contributed by atoms with Crippen LogP contribution >= 0.6 is 15.9 Å². The van der Waals surface area contributed by atoms with Crippen molar-refractivity contribution >= 4 is 38.6 Å². The Balaban J connectivity index is 1.86. The van der Waals surface area contributed by atoms with E-state index in [9.17, 15) is 4.79 Å². The van der Waals surface area contributed by atoms with Crippen molar-refractivity contribution in [2.75, 3.05) is 5.32 Å². The quantitative estimate of drug-likeness (QED) is 0.749. The van der Waals surface area contributed by atoms with Crippen molar-refractivity contribution in [3.8, 4) is 0 Å². The number of H-pyrrole nitrogens is 1. The number of anilines is 1. The molecule has 1 aromatic heterocycles. The van der Waals surface area contributed by atoms with Crippen LogP contribution in [0.2, 0.25) is 0 Å². The second-order valence-corrected chi connectivity index (χ2v) is 5.41. The van der Waals surface area contributed by atoms with Crippen molar-refractivity contribution < 1.29 is 4.79 Å². The topological polar surface area (TPSA) is 57.8 Å². The highest BCUT2D eigenvalue weighted by molar-refractivity contribution is 9.10. The van der Waals surface area contributed by atoms with Gasteiger partial charge in [-0.25, -0.2) is 4.98 Å². The number of carbonyl (C=O) groups is 1. The number of aromatic amines is 1. The summed E-state index contributed by atoms with van der Waals surface area (Å²) < 4.78 is 1.02. The number of benzene rings is 2. The summed E-state index contributed by atoms with van der Waals surface area (Å²) in [4.78, 5) is 19.3. The standard InChI is InChI=1S/C15H12BrN3O/c1-9-6-11(3-4-12(9)16)19-15(20)10-2-5-13-14(7-10)18-8-17-13/h2-8H,1H3,(H,17,18)(H,19,20). The Bertz CT molecular complexity index is 795. The average Bonchev–Trinajstić information content (AvgIpc) is 2.90. The van der Waals surface area contributed by atoms with Crippen LogP contribution in [0, 0.1) is 6.92 Å². The Morgan fingerprint density at radius 2 is 2.10 bits per heavy atom. The number of hydrogen-bond donors (Lipinski definition) is 2. The Morgan fingerprint density at radius 1 is 1.25 bits per heavy atom. The first-order valence-electron chi connectivity index (χ1n) is 6.14. The van der Waals surface area contributed by atoms with E-state index in [0.29, 0.717) is 5.56 Å². The van der Waals surface area contributed by atoms with E-state index in [1.165, 1.54) is 0 Å². The number of imidazole rings is 1. The van der Waals surface area contributed by atoms with Crippen molar-refractivity contribution in [2.45, 2.75) is 6.92 Å². The molecule has 0 saturated heterocycles. The van der Waals surface area contributed by atoms with E-state index in [2.05, 4.69) is 31.2 Å². The number of amides is 1. The van der Waals surface area contributed by atoms with Crippen LogP contribution in [-0.4, -0.2) is 15.9 Å². The first-order chi connectivity index (χ1) is 9.63. The minimum Gasteiger partial charge on any atom is -0.345 e. The number of aryl methyl sites for hydroxylation is 1. The van der Waals surface area contributed by atoms with Crippen molar-refractivity contribution in [3.63, 3.8) is 0 Å². The highest BCUT2D eigenvalue weighted by Crippen LogP contribution is 2.21. The van der Waals surface area contributed by atoms with Crippen molar-refractivity contribution in [1.82, 2.24) is 9.97 Å². The summed E-state index contributed by atoms with van der Waals surface area (Å²) in [5.41, 5.74) is 4.15. The predicted octanol–water partition coefficient (Wildman–Crippen LogP) is 3.89. The van der Waals surface area contributed by atoms with E-state index in [-0.39, 0.29) is 5.91 Å². The number of rotatable bonds is 2.